The zero-order valence-corrected chi connectivity index (χ0v) is 17.1. The molecule has 2 bridgehead atoms. The van der Waals surface area contributed by atoms with Crippen molar-refractivity contribution in [2.24, 2.45) is 23.7 Å². The average molecular weight is 400 g/mol. The van der Waals surface area contributed by atoms with Gasteiger partial charge >= 0.3 is 0 Å². The Morgan fingerprint density at radius 2 is 1.73 bits per heavy atom. The van der Waals surface area contributed by atoms with E-state index < -0.39 is 0 Å². The Bertz CT molecular complexity index is 1100. The lowest BCUT2D eigenvalue weighted by Gasteiger charge is -2.21. The Morgan fingerprint density at radius 3 is 2.53 bits per heavy atom. The SMILES string of the molecule is CCc1ccccc1NC(=O)c1ccccc1N1C(=O)[C@H]2[C@H](C1=O)[C@H]1C=C(C)[C@H]2C1. The van der Waals surface area contributed by atoms with E-state index in [-0.39, 0.29) is 41.4 Å². The fraction of sp³-hybridized carbons (Fsp3) is 0.320. The van der Waals surface area contributed by atoms with Gasteiger partial charge in [0, 0.05) is 5.69 Å². The van der Waals surface area contributed by atoms with E-state index in [0.717, 1.165) is 24.1 Å². The zero-order chi connectivity index (χ0) is 21.0. The Labute approximate surface area is 175 Å². The van der Waals surface area contributed by atoms with E-state index in [2.05, 4.69) is 11.4 Å². The summed E-state index contributed by atoms with van der Waals surface area (Å²) in [5.74, 6) is -0.943. The molecule has 2 aromatic carbocycles. The van der Waals surface area contributed by atoms with E-state index in [0.29, 0.717) is 11.3 Å². The third-order valence-electron chi connectivity index (χ3n) is 6.92. The van der Waals surface area contributed by atoms with Gasteiger partial charge in [-0.2, -0.15) is 0 Å². The summed E-state index contributed by atoms with van der Waals surface area (Å²) in [4.78, 5) is 41.0. The number of anilines is 2. The molecule has 30 heavy (non-hydrogen) atoms. The second-order valence-corrected chi connectivity index (χ2v) is 8.46. The van der Waals surface area contributed by atoms with Crippen molar-refractivity contribution in [2.45, 2.75) is 26.7 Å². The van der Waals surface area contributed by atoms with Crippen molar-refractivity contribution in [3.8, 4) is 0 Å². The summed E-state index contributed by atoms with van der Waals surface area (Å²) in [6, 6.07) is 14.5. The van der Waals surface area contributed by atoms with Crippen LogP contribution in [0, 0.1) is 23.7 Å². The van der Waals surface area contributed by atoms with Gasteiger partial charge in [-0.3, -0.25) is 14.4 Å². The number of hydrogen-bond acceptors (Lipinski definition) is 3. The van der Waals surface area contributed by atoms with E-state index in [1.165, 1.54) is 10.5 Å². The molecular formula is C25H24N2O3. The Kier molecular flexibility index (Phi) is 4.35. The van der Waals surface area contributed by atoms with E-state index in [4.69, 9.17) is 0 Å². The normalized spacial score (nSPS) is 26.7. The van der Waals surface area contributed by atoms with Gasteiger partial charge in [0.25, 0.3) is 5.91 Å². The molecule has 1 aliphatic heterocycles. The summed E-state index contributed by atoms with van der Waals surface area (Å²) >= 11 is 0. The standard InChI is InChI=1S/C25H24N2O3/c1-3-15-8-4-6-10-19(15)26-23(28)17-9-5-7-11-20(17)27-24(29)21-16-12-14(2)18(13-16)22(21)25(27)30/h4-12,16,18,21-22H,3,13H2,1-2H3,(H,26,28)/t16-,18+,21+,22+/m0/s1. The molecule has 0 radical (unpaired) electrons. The number of fused-ring (bicyclic) bond motifs is 5. The van der Waals surface area contributed by atoms with Gasteiger partial charge in [-0.05, 0) is 55.4 Å². The molecule has 2 fully saturated rings. The second-order valence-electron chi connectivity index (χ2n) is 8.46. The number of imide groups is 1. The number of carbonyl (C=O) groups is 3. The third kappa shape index (κ3) is 2.65. The van der Waals surface area contributed by atoms with E-state index in [1.807, 2.05) is 38.1 Å². The summed E-state index contributed by atoms with van der Waals surface area (Å²) in [7, 11) is 0. The topological polar surface area (TPSA) is 66.5 Å². The van der Waals surface area contributed by atoms with Crippen LogP contribution in [-0.2, 0) is 16.0 Å². The highest BCUT2D eigenvalue weighted by Gasteiger charge is 2.61. The van der Waals surface area contributed by atoms with Crippen LogP contribution in [0.2, 0.25) is 0 Å². The van der Waals surface area contributed by atoms with Crippen LogP contribution in [0.5, 0.6) is 0 Å². The Balaban J connectivity index is 1.48. The van der Waals surface area contributed by atoms with Crippen molar-refractivity contribution >= 4 is 29.1 Å². The predicted octanol–water partition coefficient (Wildman–Crippen LogP) is 4.20. The van der Waals surface area contributed by atoms with Crippen LogP contribution in [0.25, 0.3) is 0 Å². The number of para-hydroxylation sites is 2. The molecule has 5 rings (SSSR count). The fourth-order valence-electron chi connectivity index (χ4n) is 5.51. The molecule has 0 aromatic heterocycles. The van der Waals surface area contributed by atoms with Gasteiger partial charge in [0.1, 0.15) is 0 Å². The van der Waals surface area contributed by atoms with Crippen LogP contribution in [0.1, 0.15) is 36.2 Å². The van der Waals surface area contributed by atoms with Crippen molar-refractivity contribution in [1.82, 2.24) is 0 Å². The third-order valence-corrected chi connectivity index (χ3v) is 6.92. The van der Waals surface area contributed by atoms with Crippen LogP contribution in [0.15, 0.2) is 60.2 Å². The largest absolute Gasteiger partial charge is 0.322 e. The number of nitrogens with zero attached hydrogens (tertiary/aromatic N) is 1. The minimum atomic E-state index is -0.318. The molecule has 5 heteroatoms. The monoisotopic (exact) mass is 400 g/mol. The van der Waals surface area contributed by atoms with Gasteiger partial charge in [-0.25, -0.2) is 4.90 Å². The molecule has 152 valence electrons. The van der Waals surface area contributed by atoms with E-state index in [1.54, 1.807) is 24.3 Å². The number of allylic oxidation sites excluding steroid dienone is 2. The number of benzene rings is 2. The quantitative estimate of drug-likeness (QED) is 0.618. The van der Waals surface area contributed by atoms with Crippen molar-refractivity contribution in [2.75, 3.05) is 10.2 Å². The first-order valence-corrected chi connectivity index (χ1v) is 10.6. The van der Waals surface area contributed by atoms with Crippen molar-refractivity contribution < 1.29 is 14.4 Å². The first kappa shape index (κ1) is 18.8. The highest BCUT2D eigenvalue weighted by molar-refractivity contribution is 6.25. The first-order chi connectivity index (χ1) is 14.5. The van der Waals surface area contributed by atoms with Crippen LogP contribution < -0.4 is 10.2 Å². The smallest absolute Gasteiger partial charge is 0.257 e. The van der Waals surface area contributed by atoms with Gasteiger partial charge in [0.2, 0.25) is 11.8 Å². The maximum atomic E-state index is 13.3. The number of hydrogen-bond donors (Lipinski definition) is 1. The van der Waals surface area contributed by atoms with Gasteiger partial charge in [-0.15, -0.1) is 0 Å². The molecule has 5 nitrogen and oxygen atoms in total. The lowest BCUT2D eigenvalue weighted by molar-refractivity contribution is -0.123. The minimum absolute atomic E-state index is 0.138. The molecular weight excluding hydrogens is 376 g/mol. The number of amides is 3. The lowest BCUT2D eigenvalue weighted by atomic mass is 9.82. The number of nitrogens with one attached hydrogen (secondary N) is 1. The summed E-state index contributed by atoms with van der Waals surface area (Å²) in [6.45, 7) is 4.08. The summed E-state index contributed by atoms with van der Waals surface area (Å²) in [5, 5.41) is 2.96. The molecule has 0 spiro atoms. The second kappa shape index (κ2) is 6.94. The summed E-state index contributed by atoms with van der Waals surface area (Å²) in [5.41, 5.74) is 3.71. The van der Waals surface area contributed by atoms with Crippen LogP contribution >= 0.6 is 0 Å². The van der Waals surface area contributed by atoms with Gasteiger partial charge < -0.3 is 5.32 Å². The molecule has 3 aliphatic rings. The summed E-state index contributed by atoms with van der Waals surface area (Å²) < 4.78 is 0. The first-order valence-electron chi connectivity index (χ1n) is 10.6. The van der Waals surface area contributed by atoms with Crippen LogP contribution in [-0.4, -0.2) is 17.7 Å². The van der Waals surface area contributed by atoms with Crippen molar-refractivity contribution in [3.05, 3.63) is 71.3 Å². The number of rotatable bonds is 4. The Morgan fingerprint density at radius 1 is 1.03 bits per heavy atom. The van der Waals surface area contributed by atoms with Crippen molar-refractivity contribution in [3.63, 3.8) is 0 Å². The predicted molar refractivity (Wildman–Crippen MR) is 115 cm³/mol. The molecule has 4 atom stereocenters. The van der Waals surface area contributed by atoms with Gasteiger partial charge in [0.15, 0.2) is 0 Å². The van der Waals surface area contributed by atoms with Crippen LogP contribution in [0.4, 0.5) is 11.4 Å². The maximum absolute atomic E-state index is 13.3. The van der Waals surface area contributed by atoms with Gasteiger partial charge in [0.05, 0.1) is 23.1 Å². The van der Waals surface area contributed by atoms with E-state index >= 15 is 0 Å². The molecule has 2 aliphatic carbocycles. The summed E-state index contributed by atoms with van der Waals surface area (Å²) in [6.07, 6.45) is 3.84. The highest BCUT2D eigenvalue weighted by atomic mass is 16.2. The minimum Gasteiger partial charge on any atom is -0.322 e. The fourth-order valence-corrected chi connectivity index (χ4v) is 5.51. The molecule has 1 saturated heterocycles. The van der Waals surface area contributed by atoms with Gasteiger partial charge in [-0.1, -0.05) is 48.9 Å². The molecule has 0 unspecified atom stereocenters. The number of carbonyl (C=O) groups excluding carboxylic acids is 3. The maximum Gasteiger partial charge on any atom is 0.257 e. The zero-order valence-electron chi connectivity index (χ0n) is 17.1. The molecule has 2 aromatic rings. The molecule has 1 N–H and O–H groups in total. The molecule has 1 heterocycles. The van der Waals surface area contributed by atoms with Crippen LogP contribution in [0.3, 0.4) is 0 Å². The highest BCUT2D eigenvalue weighted by Crippen LogP contribution is 2.56. The Hall–Kier alpha value is -3.21. The molecule has 1 saturated carbocycles. The average Bonchev–Trinajstić information content (AvgIpc) is 3.39. The van der Waals surface area contributed by atoms with Crippen molar-refractivity contribution in [1.29, 1.82) is 0 Å². The number of aryl methyl sites for hydroxylation is 1. The van der Waals surface area contributed by atoms with E-state index in [9.17, 15) is 14.4 Å². The lowest BCUT2D eigenvalue weighted by Crippen LogP contribution is -2.34. The molecule has 3 amide bonds.